The number of halogens is 4. The zero-order chi connectivity index (χ0) is 25.2. The number of amides is 1. The van der Waals surface area contributed by atoms with Crippen LogP contribution >= 0.6 is 0 Å². The minimum Gasteiger partial charge on any atom is -0.355 e. The van der Waals surface area contributed by atoms with Crippen LogP contribution in [0, 0.1) is 5.82 Å². The Morgan fingerprint density at radius 2 is 1.80 bits per heavy atom. The van der Waals surface area contributed by atoms with Gasteiger partial charge in [-0.25, -0.2) is 9.37 Å². The maximum atomic E-state index is 13.7. The van der Waals surface area contributed by atoms with Crippen molar-refractivity contribution in [3.63, 3.8) is 0 Å². The molecule has 3 aromatic rings. The van der Waals surface area contributed by atoms with E-state index in [1.54, 1.807) is 12.1 Å². The van der Waals surface area contributed by atoms with Gasteiger partial charge in [-0.05, 0) is 55.3 Å². The van der Waals surface area contributed by atoms with E-state index < -0.39 is 23.5 Å². The van der Waals surface area contributed by atoms with Gasteiger partial charge in [0.05, 0.1) is 22.5 Å². The van der Waals surface area contributed by atoms with Gasteiger partial charge in [0, 0.05) is 42.9 Å². The van der Waals surface area contributed by atoms with Crippen LogP contribution in [0.1, 0.15) is 28.8 Å². The highest BCUT2D eigenvalue weighted by Crippen LogP contribution is 2.38. The third kappa shape index (κ3) is 5.37. The van der Waals surface area contributed by atoms with Crippen LogP contribution in [0.5, 0.6) is 0 Å². The molecule has 0 atom stereocenters. The van der Waals surface area contributed by atoms with Crippen LogP contribution in [-0.4, -0.2) is 24.5 Å². The number of carbonyl (C=O) groups excluding carboxylic acids is 1. The van der Waals surface area contributed by atoms with Gasteiger partial charge in [0.15, 0.2) is 0 Å². The van der Waals surface area contributed by atoms with Crippen LogP contribution in [0.2, 0.25) is 0 Å². The van der Waals surface area contributed by atoms with Crippen LogP contribution in [0.25, 0.3) is 0 Å². The predicted molar refractivity (Wildman–Crippen MR) is 128 cm³/mol. The number of benzene rings is 2. The molecule has 0 bridgehead atoms. The molecule has 1 aromatic heterocycles. The van der Waals surface area contributed by atoms with E-state index in [2.05, 4.69) is 32.4 Å². The molecule has 1 saturated heterocycles. The van der Waals surface area contributed by atoms with Crippen molar-refractivity contribution in [1.82, 2.24) is 10.3 Å². The van der Waals surface area contributed by atoms with Gasteiger partial charge in [-0.2, -0.15) is 13.2 Å². The fourth-order valence-corrected chi connectivity index (χ4v) is 3.86. The number of carbonyl (C=O) groups is 1. The minimum absolute atomic E-state index is 0.0172. The van der Waals surface area contributed by atoms with Gasteiger partial charge in [0.1, 0.15) is 11.6 Å². The lowest BCUT2D eigenvalue weighted by Gasteiger charge is -2.20. The molecule has 2 heterocycles. The molecule has 0 unspecified atom stereocenters. The molecule has 6 nitrogen and oxygen atoms in total. The molecule has 35 heavy (non-hydrogen) atoms. The second-order valence-corrected chi connectivity index (χ2v) is 8.00. The normalized spacial score (nSPS) is 13.6. The lowest BCUT2D eigenvalue weighted by atomic mass is 10.1. The lowest BCUT2D eigenvalue weighted by molar-refractivity contribution is -0.137. The van der Waals surface area contributed by atoms with Gasteiger partial charge in [-0.15, -0.1) is 0 Å². The summed E-state index contributed by atoms with van der Waals surface area (Å²) in [7, 11) is 1.34. The van der Waals surface area contributed by atoms with E-state index in [1.807, 2.05) is 12.1 Å². The Bertz CT molecular complexity index is 1260. The van der Waals surface area contributed by atoms with Crippen molar-refractivity contribution in [3.05, 3.63) is 83.9 Å². The Morgan fingerprint density at radius 3 is 2.43 bits per heavy atom. The summed E-state index contributed by atoms with van der Waals surface area (Å²) in [4.78, 5) is 18.2. The van der Waals surface area contributed by atoms with E-state index >= 15 is 0 Å². The first-order valence-electron chi connectivity index (χ1n) is 10.8. The molecule has 1 aliphatic heterocycles. The van der Waals surface area contributed by atoms with Crippen molar-refractivity contribution >= 4 is 34.5 Å². The summed E-state index contributed by atoms with van der Waals surface area (Å²) in [6.45, 7) is 4.95. The minimum atomic E-state index is -4.71. The van der Waals surface area contributed by atoms with Gasteiger partial charge in [0.2, 0.25) is 0 Å². The summed E-state index contributed by atoms with van der Waals surface area (Å²) in [6, 6.07) is 11.8. The molecule has 4 rings (SSSR count). The van der Waals surface area contributed by atoms with Gasteiger partial charge in [0.25, 0.3) is 5.91 Å². The first kappa shape index (κ1) is 24.1. The van der Waals surface area contributed by atoms with Crippen LogP contribution in [0.15, 0.2) is 67.0 Å². The lowest BCUT2D eigenvalue weighted by Crippen LogP contribution is -2.20. The van der Waals surface area contributed by atoms with Crippen LogP contribution in [-0.2, 0) is 6.18 Å². The highest BCUT2D eigenvalue weighted by molar-refractivity contribution is 6.00. The van der Waals surface area contributed by atoms with E-state index in [4.69, 9.17) is 0 Å². The SMILES string of the molecule is C=C1CCCN1c1ccc(Nc2cc(Nc3ccc(F)cc3C(=O)NC)c(C(F)(F)F)cn2)cc1. The van der Waals surface area contributed by atoms with E-state index in [-0.39, 0.29) is 22.8 Å². The van der Waals surface area contributed by atoms with Gasteiger partial charge < -0.3 is 20.9 Å². The number of rotatable bonds is 6. The number of nitrogens with zero attached hydrogens (tertiary/aromatic N) is 2. The quantitative estimate of drug-likeness (QED) is 0.363. The molecule has 2 aromatic carbocycles. The van der Waals surface area contributed by atoms with Crippen LogP contribution in [0.4, 0.5) is 46.1 Å². The molecule has 1 fully saturated rings. The fourth-order valence-electron chi connectivity index (χ4n) is 3.86. The van der Waals surface area contributed by atoms with Crippen molar-refractivity contribution in [1.29, 1.82) is 0 Å². The summed E-state index contributed by atoms with van der Waals surface area (Å²) < 4.78 is 54.7. The molecule has 1 amide bonds. The molecule has 3 N–H and O–H groups in total. The highest BCUT2D eigenvalue weighted by Gasteiger charge is 2.34. The van der Waals surface area contributed by atoms with Crippen molar-refractivity contribution < 1.29 is 22.4 Å². The number of hydrogen-bond acceptors (Lipinski definition) is 5. The number of aromatic nitrogens is 1. The first-order chi connectivity index (χ1) is 16.7. The summed E-state index contributed by atoms with van der Waals surface area (Å²) >= 11 is 0. The Morgan fingerprint density at radius 1 is 1.06 bits per heavy atom. The molecule has 0 aliphatic carbocycles. The van der Waals surface area contributed by atoms with E-state index in [0.29, 0.717) is 11.9 Å². The maximum Gasteiger partial charge on any atom is 0.419 e. The first-order valence-corrected chi connectivity index (χ1v) is 10.8. The summed E-state index contributed by atoms with van der Waals surface area (Å²) in [5, 5.41) is 7.97. The predicted octanol–water partition coefficient (Wildman–Crippen LogP) is 6.20. The fraction of sp³-hybridized carbons (Fsp3) is 0.200. The topological polar surface area (TPSA) is 69.3 Å². The second kappa shape index (κ2) is 9.65. The largest absolute Gasteiger partial charge is 0.419 e. The molecule has 10 heteroatoms. The maximum absolute atomic E-state index is 13.7. The van der Waals surface area contributed by atoms with Crippen LogP contribution in [0.3, 0.4) is 0 Å². The smallest absolute Gasteiger partial charge is 0.355 e. The van der Waals surface area contributed by atoms with Gasteiger partial charge >= 0.3 is 6.18 Å². The van der Waals surface area contributed by atoms with E-state index in [9.17, 15) is 22.4 Å². The summed E-state index contributed by atoms with van der Waals surface area (Å²) in [6.07, 6.45) is -2.02. The monoisotopic (exact) mass is 485 g/mol. The molecule has 1 aliphatic rings. The molecule has 0 saturated carbocycles. The molecule has 0 spiro atoms. The molecular weight excluding hydrogens is 462 g/mol. The summed E-state index contributed by atoms with van der Waals surface area (Å²) in [5.74, 6) is -1.18. The highest BCUT2D eigenvalue weighted by atomic mass is 19.4. The van der Waals surface area contributed by atoms with Crippen molar-refractivity contribution in [2.24, 2.45) is 0 Å². The summed E-state index contributed by atoms with van der Waals surface area (Å²) in [5.41, 5.74) is 1.18. The Labute approximate surface area is 199 Å². The zero-order valence-corrected chi connectivity index (χ0v) is 18.8. The number of anilines is 5. The molecular formula is C25H23F4N5O. The second-order valence-electron chi connectivity index (χ2n) is 8.00. The average molecular weight is 485 g/mol. The molecule has 182 valence electrons. The van der Waals surface area contributed by atoms with E-state index in [0.717, 1.165) is 42.9 Å². The van der Waals surface area contributed by atoms with Crippen molar-refractivity contribution in [3.8, 4) is 0 Å². The number of allylic oxidation sites excluding steroid dienone is 1. The number of alkyl halides is 3. The van der Waals surface area contributed by atoms with E-state index in [1.165, 1.54) is 19.2 Å². The zero-order valence-electron chi connectivity index (χ0n) is 18.8. The third-order valence-electron chi connectivity index (χ3n) is 5.61. The number of nitrogens with one attached hydrogen (secondary N) is 3. The number of hydrogen-bond donors (Lipinski definition) is 3. The van der Waals surface area contributed by atoms with Crippen molar-refractivity contribution in [2.45, 2.75) is 19.0 Å². The Hall–Kier alpha value is -4.08. The van der Waals surface area contributed by atoms with Crippen LogP contribution < -0.4 is 20.9 Å². The van der Waals surface area contributed by atoms with Gasteiger partial charge in [-0.3, -0.25) is 4.79 Å². The standard InChI is InChI=1S/C25H23F4N5O/c1-15-4-3-11-34(15)18-8-6-17(7-9-18)32-23-13-22(20(14-31-23)25(27,28)29)33-21-10-5-16(26)12-19(21)24(35)30-2/h5-10,12-14H,1,3-4,11H2,2H3,(H,30,35)(H2,31,32,33). The Kier molecular flexibility index (Phi) is 6.63. The molecule has 0 radical (unpaired) electrons. The third-order valence-corrected chi connectivity index (χ3v) is 5.61. The van der Waals surface area contributed by atoms with Gasteiger partial charge in [-0.1, -0.05) is 6.58 Å². The van der Waals surface area contributed by atoms with Crippen molar-refractivity contribution in [2.75, 3.05) is 29.1 Å². The average Bonchev–Trinajstić information content (AvgIpc) is 3.25. The Balaban J connectivity index is 1.63. The number of pyridine rings is 1.